The lowest BCUT2D eigenvalue weighted by Gasteiger charge is -2.44. The molecule has 101 heavy (non-hydrogen) atoms. The van der Waals surface area contributed by atoms with Crippen LogP contribution >= 0.6 is 0 Å². The summed E-state index contributed by atoms with van der Waals surface area (Å²) in [6.45, 7) is 20.0. The average Bonchev–Trinajstić information content (AvgIpc) is 0.825. The van der Waals surface area contributed by atoms with Gasteiger partial charge in [0.15, 0.2) is 0 Å². The van der Waals surface area contributed by atoms with Crippen LogP contribution in [0, 0.1) is 148 Å². The van der Waals surface area contributed by atoms with E-state index in [1.807, 2.05) is 13.8 Å². The van der Waals surface area contributed by atoms with E-state index in [9.17, 15) is 35.1 Å². The summed E-state index contributed by atoms with van der Waals surface area (Å²) in [5, 5.41) is 0. The predicted octanol–water partition coefficient (Wildman–Crippen LogP) is 15.7. The van der Waals surface area contributed by atoms with E-state index in [1.54, 1.807) is 0 Å². The third kappa shape index (κ3) is 29.4. The highest BCUT2D eigenvalue weighted by molar-refractivity contribution is 4.97. The summed E-state index contributed by atoms with van der Waals surface area (Å²) in [5.41, 5.74) is 0. The van der Waals surface area contributed by atoms with E-state index in [1.165, 1.54) is 103 Å². The first-order valence-electron chi connectivity index (χ1n) is 39.7. The Bertz CT molecular complexity index is 2030. The fourth-order valence-corrected chi connectivity index (χ4v) is 22.7. The Morgan fingerprint density at radius 2 is 0.327 bits per heavy atom. The Morgan fingerprint density at radius 3 is 0.624 bits per heavy atom. The molecule has 0 radical (unpaired) electrons. The molecular weight excluding hydrogens is 1320 g/mol. The van der Waals surface area contributed by atoms with Crippen LogP contribution in [-0.4, -0.2) is 115 Å². The van der Waals surface area contributed by atoms with Gasteiger partial charge in [0, 0.05) is 0 Å². The smallest absolute Gasteiger partial charge is 0.103 e. The van der Waals surface area contributed by atoms with Gasteiger partial charge in [-0.2, -0.15) is 0 Å². The topological polar surface area (TPSA) is 378 Å². The summed E-state index contributed by atoms with van der Waals surface area (Å²) in [5.74, 6) is 11.9. The molecular formula is C81H162F8O12. The van der Waals surface area contributed by atoms with Gasteiger partial charge >= 0.3 is 0 Å². The molecule has 27 atom stereocenters. The van der Waals surface area contributed by atoms with Gasteiger partial charge in [0.25, 0.3) is 0 Å². The van der Waals surface area contributed by atoms with Crippen LogP contribution in [-0.2, 0) is 0 Å². The molecule has 12 fully saturated rings. The second-order valence-electron chi connectivity index (χ2n) is 35.9. The van der Waals surface area contributed by atoms with Crippen molar-refractivity contribution in [3.05, 3.63) is 0 Å². The van der Waals surface area contributed by atoms with Gasteiger partial charge in [-0.1, -0.05) is 120 Å². The standard InChI is InChI=1S/C21H36F2.3C20H34F2.12H2O/c1-13-4-8-18(20(22)10-13)17-7-9-19(21(23)12-17)16-6-5-14(2)15(3)11-16;1-13-3-6-15(7-4-13)17-10-8-16(12-20(17)22)18-9-5-14(2)11-19(18)21;1-13-3-6-15(7-4-13)16-9-10-18(20(22)11-16)17-8-5-14(2)19(21)12-17;1-13-3-6-15(7-4-13)18-10-9-17(12-20(18)22)16-8-5-14(2)19(21)11-16;;;;;;;;;;;;/h13-21H,4-12H2,1-3H3;3*13-20H,3-12H2,1-2H3;12*1H2. The van der Waals surface area contributed by atoms with E-state index in [-0.39, 0.29) is 107 Å². The largest absolute Gasteiger partial charge is 0.412 e. The van der Waals surface area contributed by atoms with Crippen molar-refractivity contribution >= 4 is 0 Å². The van der Waals surface area contributed by atoms with E-state index in [0.29, 0.717) is 110 Å². The molecule has 12 aliphatic rings. The number of rotatable bonds is 8. The van der Waals surface area contributed by atoms with Gasteiger partial charge in [0.05, 0.1) is 0 Å². The number of hydrogen-bond acceptors (Lipinski definition) is 0. The minimum atomic E-state index is -0.691. The molecule has 24 N–H and O–H groups in total. The van der Waals surface area contributed by atoms with Gasteiger partial charge in [0.1, 0.15) is 49.4 Å². The zero-order chi connectivity index (χ0) is 63.6. The number of alkyl halides is 8. The first kappa shape index (κ1) is 106. The van der Waals surface area contributed by atoms with E-state index < -0.39 is 49.4 Å². The van der Waals surface area contributed by atoms with Crippen LogP contribution in [0.25, 0.3) is 0 Å². The molecule has 12 nitrogen and oxygen atoms in total. The van der Waals surface area contributed by atoms with Crippen LogP contribution in [0.15, 0.2) is 0 Å². The maximum absolute atomic E-state index is 14.9. The predicted molar refractivity (Wildman–Crippen MR) is 401 cm³/mol. The van der Waals surface area contributed by atoms with Crippen molar-refractivity contribution in [3.63, 3.8) is 0 Å². The van der Waals surface area contributed by atoms with Gasteiger partial charge in [-0.05, 0) is 341 Å². The Balaban J connectivity index is -0.000000597. The quantitative estimate of drug-likeness (QED) is 0.205. The summed E-state index contributed by atoms with van der Waals surface area (Å²) in [6.07, 6.45) is 36.3. The van der Waals surface area contributed by atoms with E-state index in [0.717, 1.165) is 145 Å². The van der Waals surface area contributed by atoms with Gasteiger partial charge < -0.3 is 65.7 Å². The van der Waals surface area contributed by atoms with Crippen LogP contribution in [0.2, 0.25) is 0 Å². The molecule has 0 saturated heterocycles. The second kappa shape index (κ2) is 50.6. The molecule has 0 heterocycles. The van der Waals surface area contributed by atoms with Crippen molar-refractivity contribution in [2.24, 2.45) is 148 Å². The lowest BCUT2D eigenvalue weighted by Crippen LogP contribution is -2.40. The van der Waals surface area contributed by atoms with E-state index in [2.05, 4.69) is 48.5 Å². The highest BCUT2D eigenvalue weighted by atomic mass is 19.2. The van der Waals surface area contributed by atoms with Crippen molar-refractivity contribution in [3.8, 4) is 0 Å². The monoisotopic (exact) mass is 1480 g/mol. The molecule has 0 bridgehead atoms. The minimum absolute atomic E-state index is 0. The molecule has 0 spiro atoms. The SMILES string of the molecule is CC1CCC(C2CCC(C3CCC(C)C(C)C3)C(F)C2)C(F)C1.CC1CCC(C2CCC(C3CCC(C)C(F)C3)C(F)C2)CC1.CC1CCC(C2CCC(C3CCC(C)C(F)C3)CC2F)CC1.CC1CCC(C2CCC(C3CCC(C)CC3F)CC2F)CC1.O.O.O.O.O.O.O.O.O.O.O.O. The first-order valence-corrected chi connectivity index (χ1v) is 39.7. The van der Waals surface area contributed by atoms with Crippen LogP contribution in [0.4, 0.5) is 35.1 Å². The molecule has 12 rings (SSSR count). The molecule has 0 aromatic rings. The summed E-state index contributed by atoms with van der Waals surface area (Å²) >= 11 is 0. The van der Waals surface area contributed by atoms with Crippen LogP contribution < -0.4 is 0 Å². The molecule has 0 aromatic carbocycles. The zero-order valence-corrected chi connectivity index (χ0v) is 64.7. The highest BCUT2D eigenvalue weighted by Crippen LogP contribution is 2.53. The molecule has 0 aliphatic heterocycles. The van der Waals surface area contributed by atoms with Crippen LogP contribution in [0.1, 0.15) is 313 Å². The molecule has 0 aromatic heterocycles. The first-order chi connectivity index (χ1) is 42.6. The highest BCUT2D eigenvalue weighted by Gasteiger charge is 2.47. The number of halogens is 8. The van der Waals surface area contributed by atoms with Crippen molar-refractivity contribution in [1.82, 2.24) is 0 Å². The van der Waals surface area contributed by atoms with Crippen LogP contribution in [0.3, 0.4) is 0 Å². The molecule has 12 aliphatic carbocycles. The molecule has 27 unspecified atom stereocenters. The summed E-state index contributed by atoms with van der Waals surface area (Å²) in [7, 11) is 0. The Hall–Kier alpha value is -1.04. The maximum atomic E-state index is 14.9. The van der Waals surface area contributed by atoms with Crippen molar-refractivity contribution < 1.29 is 101 Å². The van der Waals surface area contributed by atoms with Gasteiger partial charge in [-0.25, -0.2) is 35.1 Å². The number of hydrogen-bond donors (Lipinski definition) is 0. The van der Waals surface area contributed by atoms with Gasteiger partial charge in [-0.3, -0.25) is 0 Å². The third-order valence-electron chi connectivity index (χ3n) is 29.7. The fraction of sp³-hybridized carbons (Fsp3) is 1.00. The van der Waals surface area contributed by atoms with Crippen molar-refractivity contribution in [2.75, 3.05) is 0 Å². The van der Waals surface area contributed by atoms with Crippen molar-refractivity contribution in [2.45, 2.75) is 362 Å². The molecule has 20 heteroatoms. The normalized spacial score (nSPS) is 45.1. The summed E-state index contributed by atoms with van der Waals surface area (Å²) in [6, 6.07) is 0. The molecule has 614 valence electrons. The Labute approximate surface area is 608 Å². The summed E-state index contributed by atoms with van der Waals surface area (Å²) < 4.78 is 116. The zero-order valence-electron chi connectivity index (χ0n) is 64.7. The third-order valence-corrected chi connectivity index (χ3v) is 29.7. The van der Waals surface area contributed by atoms with E-state index >= 15 is 0 Å². The van der Waals surface area contributed by atoms with Gasteiger partial charge in [0.2, 0.25) is 0 Å². The average molecular weight is 1480 g/mol. The molecule has 0 amide bonds. The second-order valence-corrected chi connectivity index (χ2v) is 35.9. The van der Waals surface area contributed by atoms with Crippen LogP contribution in [0.5, 0.6) is 0 Å². The summed E-state index contributed by atoms with van der Waals surface area (Å²) in [4.78, 5) is 0. The van der Waals surface area contributed by atoms with Gasteiger partial charge in [-0.15, -0.1) is 0 Å². The van der Waals surface area contributed by atoms with E-state index in [4.69, 9.17) is 0 Å². The Kier molecular flexibility index (Phi) is 53.3. The molecule has 12 saturated carbocycles. The Morgan fingerprint density at radius 1 is 0.139 bits per heavy atom. The maximum Gasteiger partial charge on any atom is 0.103 e. The lowest BCUT2D eigenvalue weighted by molar-refractivity contribution is 0.00324. The minimum Gasteiger partial charge on any atom is -0.412 e. The lowest BCUT2D eigenvalue weighted by atomic mass is 9.63. The fourth-order valence-electron chi connectivity index (χ4n) is 22.7. The van der Waals surface area contributed by atoms with Crippen molar-refractivity contribution in [1.29, 1.82) is 0 Å².